The number of hydrogen-bond donors (Lipinski definition) is 2. The summed E-state index contributed by atoms with van der Waals surface area (Å²) in [7, 11) is 0. The van der Waals surface area contributed by atoms with Crippen molar-refractivity contribution in [3.8, 4) is 0 Å². The Labute approximate surface area is 115 Å². The molecule has 0 aromatic rings. The number of carboxylic acid groups (broad SMARTS) is 1. The van der Waals surface area contributed by atoms with Crippen LogP contribution in [0.5, 0.6) is 0 Å². The Kier molecular flexibility index (Phi) is 3.88. The lowest BCUT2D eigenvalue weighted by Gasteiger charge is -2.38. The number of amides is 1. The zero-order valence-corrected chi connectivity index (χ0v) is 12.0. The van der Waals surface area contributed by atoms with Crippen molar-refractivity contribution in [2.75, 3.05) is 6.54 Å². The van der Waals surface area contributed by atoms with E-state index >= 15 is 0 Å². The summed E-state index contributed by atoms with van der Waals surface area (Å²) in [5.41, 5.74) is -1.07. The highest BCUT2D eigenvalue weighted by atomic mass is 16.4. The first kappa shape index (κ1) is 14.4. The number of aliphatic carboxylic acids is 1. The third-order valence-corrected chi connectivity index (χ3v) is 5.22. The normalized spacial score (nSPS) is 22.8. The lowest BCUT2D eigenvalue weighted by atomic mass is 9.68. The molecule has 0 saturated heterocycles. The standard InChI is InChI=1S/C15H25NO3/c1-14(2,11-6-3-4-7-11)10-16-12(17)15(13(18)19)8-5-9-15/h11H,3-10H2,1-2H3,(H,16,17)(H,18,19). The van der Waals surface area contributed by atoms with Crippen molar-refractivity contribution in [1.29, 1.82) is 0 Å². The number of carboxylic acids is 1. The molecule has 0 aliphatic heterocycles. The van der Waals surface area contributed by atoms with E-state index in [0.29, 0.717) is 25.3 Å². The van der Waals surface area contributed by atoms with E-state index in [1.165, 1.54) is 25.7 Å². The summed E-state index contributed by atoms with van der Waals surface area (Å²) in [6.45, 7) is 4.94. The maximum atomic E-state index is 12.2. The van der Waals surface area contributed by atoms with Gasteiger partial charge in [0.2, 0.25) is 5.91 Å². The predicted octanol–water partition coefficient (Wildman–Crippen LogP) is 2.57. The van der Waals surface area contributed by atoms with Crippen LogP contribution in [0.1, 0.15) is 58.8 Å². The zero-order chi connectivity index (χ0) is 14.1. The molecule has 0 heterocycles. The summed E-state index contributed by atoms with van der Waals surface area (Å²) < 4.78 is 0. The van der Waals surface area contributed by atoms with Crippen molar-refractivity contribution in [2.45, 2.75) is 58.8 Å². The molecule has 0 bridgehead atoms. The Morgan fingerprint density at radius 2 is 1.79 bits per heavy atom. The van der Waals surface area contributed by atoms with Crippen molar-refractivity contribution in [1.82, 2.24) is 5.32 Å². The molecule has 2 saturated carbocycles. The van der Waals surface area contributed by atoms with Crippen LogP contribution < -0.4 is 5.32 Å². The van der Waals surface area contributed by atoms with Gasteiger partial charge in [0.15, 0.2) is 0 Å². The first-order valence-electron chi connectivity index (χ1n) is 7.40. The molecule has 108 valence electrons. The van der Waals surface area contributed by atoms with Gasteiger partial charge in [0.05, 0.1) is 0 Å². The van der Waals surface area contributed by atoms with Gasteiger partial charge in [-0.15, -0.1) is 0 Å². The molecule has 0 atom stereocenters. The van der Waals surface area contributed by atoms with Gasteiger partial charge in [-0.05, 0) is 37.0 Å². The molecule has 19 heavy (non-hydrogen) atoms. The van der Waals surface area contributed by atoms with Gasteiger partial charge in [0.25, 0.3) is 0 Å². The highest BCUT2D eigenvalue weighted by Gasteiger charge is 2.51. The second kappa shape index (κ2) is 5.14. The van der Waals surface area contributed by atoms with Crippen LogP contribution in [0.25, 0.3) is 0 Å². The van der Waals surface area contributed by atoms with Crippen LogP contribution in [0.2, 0.25) is 0 Å². The number of carbonyl (C=O) groups excluding carboxylic acids is 1. The zero-order valence-electron chi connectivity index (χ0n) is 12.0. The Morgan fingerprint density at radius 1 is 1.21 bits per heavy atom. The fraction of sp³-hybridized carbons (Fsp3) is 0.867. The SMILES string of the molecule is CC(C)(CNC(=O)C1(C(=O)O)CCC1)C1CCCC1. The van der Waals surface area contributed by atoms with Gasteiger partial charge in [-0.1, -0.05) is 33.1 Å². The maximum Gasteiger partial charge on any atom is 0.319 e. The molecular formula is C15H25NO3. The van der Waals surface area contributed by atoms with Gasteiger partial charge in [-0.2, -0.15) is 0 Å². The Morgan fingerprint density at radius 3 is 2.21 bits per heavy atom. The van der Waals surface area contributed by atoms with Crippen LogP contribution in [0, 0.1) is 16.7 Å². The van der Waals surface area contributed by atoms with Crippen LogP contribution in [-0.4, -0.2) is 23.5 Å². The summed E-state index contributed by atoms with van der Waals surface area (Å²) in [5, 5.41) is 12.1. The Hall–Kier alpha value is -1.06. The van der Waals surface area contributed by atoms with Gasteiger partial charge in [-0.3, -0.25) is 9.59 Å². The summed E-state index contributed by atoms with van der Waals surface area (Å²) in [6.07, 6.45) is 6.82. The fourth-order valence-corrected chi connectivity index (χ4v) is 3.40. The number of nitrogens with one attached hydrogen (secondary N) is 1. The van der Waals surface area contributed by atoms with E-state index in [1.807, 2.05) is 0 Å². The van der Waals surface area contributed by atoms with Crippen LogP contribution in [0.15, 0.2) is 0 Å². The molecular weight excluding hydrogens is 242 g/mol. The van der Waals surface area contributed by atoms with Crippen molar-refractivity contribution in [3.63, 3.8) is 0 Å². The second-order valence-corrected chi connectivity index (χ2v) is 6.89. The number of hydrogen-bond acceptors (Lipinski definition) is 2. The summed E-state index contributed by atoms with van der Waals surface area (Å²) in [5.74, 6) is -0.595. The quantitative estimate of drug-likeness (QED) is 0.752. The fourth-order valence-electron chi connectivity index (χ4n) is 3.40. The number of rotatable bonds is 5. The highest BCUT2D eigenvalue weighted by molar-refractivity contribution is 6.02. The summed E-state index contributed by atoms with van der Waals surface area (Å²) in [4.78, 5) is 23.4. The molecule has 2 aliphatic rings. The molecule has 0 aromatic heterocycles. The highest BCUT2D eigenvalue weighted by Crippen LogP contribution is 2.42. The van der Waals surface area contributed by atoms with Crippen LogP contribution >= 0.6 is 0 Å². The lowest BCUT2D eigenvalue weighted by molar-refractivity contribution is -0.162. The molecule has 0 radical (unpaired) electrons. The molecule has 2 aliphatic carbocycles. The number of carbonyl (C=O) groups is 2. The van der Waals surface area contributed by atoms with Crippen molar-refractivity contribution >= 4 is 11.9 Å². The van der Waals surface area contributed by atoms with Gasteiger partial charge in [0, 0.05) is 6.54 Å². The molecule has 1 amide bonds. The first-order chi connectivity index (χ1) is 8.88. The molecule has 4 heteroatoms. The third-order valence-electron chi connectivity index (χ3n) is 5.22. The van der Waals surface area contributed by atoms with Gasteiger partial charge >= 0.3 is 5.97 Å². The van der Waals surface area contributed by atoms with Crippen LogP contribution in [0.4, 0.5) is 0 Å². The predicted molar refractivity (Wildman–Crippen MR) is 72.7 cm³/mol. The minimum atomic E-state index is -1.13. The van der Waals surface area contributed by atoms with E-state index in [-0.39, 0.29) is 11.3 Å². The van der Waals surface area contributed by atoms with E-state index in [9.17, 15) is 14.7 Å². The average Bonchev–Trinajstić information content (AvgIpc) is 2.78. The molecule has 4 nitrogen and oxygen atoms in total. The monoisotopic (exact) mass is 267 g/mol. The van der Waals surface area contributed by atoms with Crippen molar-refractivity contribution < 1.29 is 14.7 Å². The summed E-state index contributed by atoms with van der Waals surface area (Å²) >= 11 is 0. The summed E-state index contributed by atoms with van der Waals surface area (Å²) in [6, 6.07) is 0. The molecule has 2 N–H and O–H groups in total. The van der Waals surface area contributed by atoms with E-state index in [0.717, 1.165) is 6.42 Å². The van der Waals surface area contributed by atoms with E-state index < -0.39 is 11.4 Å². The Balaban J connectivity index is 1.91. The topological polar surface area (TPSA) is 66.4 Å². The third kappa shape index (κ3) is 2.63. The van der Waals surface area contributed by atoms with Gasteiger partial charge in [0.1, 0.15) is 5.41 Å². The van der Waals surface area contributed by atoms with E-state index in [4.69, 9.17) is 0 Å². The molecule has 2 fully saturated rings. The molecule has 0 aromatic carbocycles. The van der Waals surface area contributed by atoms with Gasteiger partial charge in [-0.25, -0.2) is 0 Å². The largest absolute Gasteiger partial charge is 0.480 e. The van der Waals surface area contributed by atoms with Crippen molar-refractivity contribution in [2.24, 2.45) is 16.7 Å². The van der Waals surface area contributed by atoms with Crippen molar-refractivity contribution in [3.05, 3.63) is 0 Å². The minimum Gasteiger partial charge on any atom is -0.480 e. The maximum absolute atomic E-state index is 12.2. The first-order valence-corrected chi connectivity index (χ1v) is 7.40. The Bertz CT molecular complexity index is 366. The molecule has 0 spiro atoms. The molecule has 2 rings (SSSR count). The second-order valence-electron chi connectivity index (χ2n) is 6.89. The minimum absolute atomic E-state index is 0.0651. The molecule has 0 unspecified atom stereocenters. The smallest absolute Gasteiger partial charge is 0.319 e. The van der Waals surface area contributed by atoms with E-state index in [2.05, 4.69) is 19.2 Å². The average molecular weight is 267 g/mol. The van der Waals surface area contributed by atoms with Gasteiger partial charge < -0.3 is 10.4 Å². The van der Waals surface area contributed by atoms with Crippen LogP contribution in [-0.2, 0) is 9.59 Å². The van der Waals surface area contributed by atoms with Crippen LogP contribution in [0.3, 0.4) is 0 Å². The van der Waals surface area contributed by atoms with E-state index in [1.54, 1.807) is 0 Å². The lowest BCUT2D eigenvalue weighted by Crippen LogP contribution is -2.53.